The maximum Gasteiger partial charge on any atom is 0.416 e. The zero-order valence-electron chi connectivity index (χ0n) is 11.1. The summed E-state index contributed by atoms with van der Waals surface area (Å²) in [6, 6.07) is 11.4. The molecule has 0 aliphatic heterocycles. The zero-order chi connectivity index (χ0) is 15.9. The molecule has 1 heterocycles. The minimum Gasteiger partial charge on any atom is -0.316 e. The van der Waals surface area contributed by atoms with Crippen molar-refractivity contribution < 1.29 is 13.2 Å². The second-order valence-corrected chi connectivity index (χ2v) is 5.67. The van der Waals surface area contributed by atoms with Crippen LogP contribution in [0.2, 0.25) is 0 Å². The van der Waals surface area contributed by atoms with E-state index in [0.717, 1.165) is 16.6 Å². The number of aromatic nitrogens is 1. The van der Waals surface area contributed by atoms with Gasteiger partial charge >= 0.3 is 6.18 Å². The molecule has 0 radical (unpaired) electrons. The Bertz CT molecular complexity index is 898. The molecule has 0 aliphatic carbocycles. The van der Waals surface area contributed by atoms with Gasteiger partial charge in [-0.1, -0.05) is 15.9 Å². The number of fused-ring (bicyclic) bond motifs is 1. The van der Waals surface area contributed by atoms with E-state index in [9.17, 15) is 18.0 Å². The van der Waals surface area contributed by atoms with E-state index in [-0.39, 0.29) is 5.43 Å². The number of nitrogens with zero attached hydrogens (tertiary/aromatic N) is 1. The van der Waals surface area contributed by atoms with Crippen molar-refractivity contribution >= 4 is 26.8 Å². The van der Waals surface area contributed by atoms with Crippen molar-refractivity contribution in [2.45, 2.75) is 6.18 Å². The fourth-order valence-electron chi connectivity index (χ4n) is 2.26. The van der Waals surface area contributed by atoms with Crippen LogP contribution in [-0.4, -0.2) is 4.57 Å². The summed E-state index contributed by atoms with van der Waals surface area (Å²) in [4.78, 5) is 11.9. The fraction of sp³-hybridized carbons (Fsp3) is 0.0625. The minimum atomic E-state index is -4.37. The molecular formula is C16H9BrF3NO. The highest BCUT2D eigenvalue weighted by molar-refractivity contribution is 9.10. The van der Waals surface area contributed by atoms with E-state index in [1.165, 1.54) is 18.2 Å². The van der Waals surface area contributed by atoms with E-state index in [2.05, 4.69) is 15.9 Å². The Hall–Kier alpha value is -2.08. The first-order valence-electron chi connectivity index (χ1n) is 6.35. The molecule has 0 saturated carbocycles. The molecule has 0 amide bonds. The van der Waals surface area contributed by atoms with Gasteiger partial charge < -0.3 is 4.57 Å². The fourth-order valence-corrected chi connectivity index (χ4v) is 2.63. The lowest BCUT2D eigenvalue weighted by molar-refractivity contribution is -0.137. The Kier molecular flexibility index (Phi) is 3.56. The first-order chi connectivity index (χ1) is 10.4. The molecule has 0 spiro atoms. The largest absolute Gasteiger partial charge is 0.416 e. The SMILES string of the molecule is O=c1ccn(-c2ccc(C(F)(F)F)cc2)c2ccc(Br)cc12. The van der Waals surface area contributed by atoms with Crippen LogP contribution in [0.5, 0.6) is 0 Å². The van der Waals surface area contributed by atoms with Crippen LogP contribution in [0.1, 0.15) is 5.56 Å². The average molecular weight is 368 g/mol. The van der Waals surface area contributed by atoms with Crippen LogP contribution in [0.25, 0.3) is 16.6 Å². The summed E-state index contributed by atoms with van der Waals surface area (Å²) in [6.45, 7) is 0. The van der Waals surface area contributed by atoms with Gasteiger partial charge in [-0.2, -0.15) is 13.2 Å². The molecule has 0 aliphatic rings. The van der Waals surface area contributed by atoms with Gasteiger partial charge in [0, 0.05) is 27.8 Å². The predicted octanol–water partition coefficient (Wildman–Crippen LogP) is 4.77. The van der Waals surface area contributed by atoms with E-state index < -0.39 is 11.7 Å². The third-order valence-corrected chi connectivity index (χ3v) is 3.82. The van der Waals surface area contributed by atoms with Crippen molar-refractivity contribution in [1.82, 2.24) is 4.57 Å². The summed E-state index contributed by atoms with van der Waals surface area (Å²) in [6.07, 6.45) is -2.81. The van der Waals surface area contributed by atoms with Gasteiger partial charge in [0.05, 0.1) is 11.1 Å². The number of rotatable bonds is 1. The molecule has 3 aromatic rings. The lowest BCUT2D eigenvalue weighted by Gasteiger charge is -2.12. The Morgan fingerprint density at radius 1 is 0.955 bits per heavy atom. The molecule has 2 aromatic carbocycles. The molecule has 0 saturated heterocycles. The highest BCUT2D eigenvalue weighted by atomic mass is 79.9. The highest BCUT2D eigenvalue weighted by Gasteiger charge is 2.30. The van der Waals surface area contributed by atoms with E-state index in [0.29, 0.717) is 16.6 Å². The molecular weight excluding hydrogens is 359 g/mol. The van der Waals surface area contributed by atoms with Crippen LogP contribution >= 0.6 is 15.9 Å². The highest BCUT2D eigenvalue weighted by Crippen LogP contribution is 2.30. The molecule has 22 heavy (non-hydrogen) atoms. The topological polar surface area (TPSA) is 22.0 Å². The summed E-state index contributed by atoms with van der Waals surface area (Å²) in [7, 11) is 0. The summed E-state index contributed by atoms with van der Waals surface area (Å²) < 4.78 is 40.3. The second kappa shape index (κ2) is 5.28. The maximum absolute atomic E-state index is 12.6. The van der Waals surface area contributed by atoms with Crippen molar-refractivity contribution in [3.8, 4) is 5.69 Å². The monoisotopic (exact) mass is 367 g/mol. The van der Waals surface area contributed by atoms with Crippen molar-refractivity contribution in [1.29, 1.82) is 0 Å². The number of benzene rings is 2. The van der Waals surface area contributed by atoms with Gasteiger partial charge in [0.1, 0.15) is 0 Å². The predicted molar refractivity (Wildman–Crippen MR) is 82.2 cm³/mol. The molecule has 3 rings (SSSR count). The van der Waals surface area contributed by atoms with Gasteiger partial charge in [-0.05, 0) is 42.5 Å². The van der Waals surface area contributed by atoms with Crippen molar-refractivity contribution in [3.05, 3.63) is 75.0 Å². The van der Waals surface area contributed by atoms with E-state index in [1.54, 1.807) is 29.0 Å². The van der Waals surface area contributed by atoms with Crippen molar-refractivity contribution in [3.63, 3.8) is 0 Å². The lowest BCUT2D eigenvalue weighted by atomic mass is 10.1. The molecule has 0 fully saturated rings. The Labute approximate surface area is 131 Å². The van der Waals surface area contributed by atoms with Gasteiger partial charge in [0.25, 0.3) is 0 Å². The first kappa shape index (κ1) is 14.8. The third-order valence-electron chi connectivity index (χ3n) is 3.33. The maximum atomic E-state index is 12.6. The molecule has 0 N–H and O–H groups in total. The second-order valence-electron chi connectivity index (χ2n) is 4.76. The van der Waals surface area contributed by atoms with Gasteiger partial charge in [-0.3, -0.25) is 4.79 Å². The Morgan fingerprint density at radius 2 is 1.64 bits per heavy atom. The van der Waals surface area contributed by atoms with E-state index in [1.807, 2.05) is 0 Å². The summed E-state index contributed by atoms with van der Waals surface area (Å²) in [5.41, 5.74) is 0.347. The molecule has 112 valence electrons. The van der Waals surface area contributed by atoms with Crippen LogP contribution in [0.15, 0.2) is 64.0 Å². The first-order valence-corrected chi connectivity index (χ1v) is 7.14. The number of hydrogen-bond donors (Lipinski definition) is 0. The normalized spacial score (nSPS) is 11.8. The molecule has 0 unspecified atom stereocenters. The Balaban J connectivity index is 2.19. The quantitative estimate of drug-likeness (QED) is 0.607. The molecule has 0 bridgehead atoms. The summed E-state index contributed by atoms with van der Waals surface area (Å²) in [5.74, 6) is 0. The van der Waals surface area contributed by atoms with E-state index in [4.69, 9.17) is 0 Å². The molecule has 6 heteroatoms. The summed E-state index contributed by atoms with van der Waals surface area (Å²) >= 11 is 3.31. The zero-order valence-corrected chi connectivity index (χ0v) is 12.6. The average Bonchev–Trinajstić information content (AvgIpc) is 2.47. The van der Waals surface area contributed by atoms with Crippen molar-refractivity contribution in [2.75, 3.05) is 0 Å². The van der Waals surface area contributed by atoms with Crippen LogP contribution < -0.4 is 5.43 Å². The smallest absolute Gasteiger partial charge is 0.316 e. The number of hydrogen-bond acceptors (Lipinski definition) is 1. The van der Waals surface area contributed by atoms with Gasteiger partial charge in [0.15, 0.2) is 5.43 Å². The minimum absolute atomic E-state index is 0.139. The molecule has 1 aromatic heterocycles. The third kappa shape index (κ3) is 2.66. The standard InChI is InChI=1S/C16H9BrF3NO/c17-11-3-6-14-13(9-11)15(22)7-8-21(14)12-4-1-10(2-5-12)16(18,19)20/h1-9H. The number of halogens is 4. The van der Waals surface area contributed by atoms with Crippen LogP contribution in [-0.2, 0) is 6.18 Å². The van der Waals surface area contributed by atoms with Crippen LogP contribution in [0.3, 0.4) is 0 Å². The number of pyridine rings is 1. The van der Waals surface area contributed by atoms with Crippen LogP contribution in [0, 0.1) is 0 Å². The lowest BCUT2D eigenvalue weighted by Crippen LogP contribution is -2.08. The molecule has 2 nitrogen and oxygen atoms in total. The van der Waals surface area contributed by atoms with Gasteiger partial charge in [-0.15, -0.1) is 0 Å². The number of alkyl halides is 3. The van der Waals surface area contributed by atoms with Crippen LogP contribution in [0.4, 0.5) is 13.2 Å². The Morgan fingerprint density at radius 3 is 2.27 bits per heavy atom. The summed E-state index contributed by atoms with van der Waals surface area (Å²) in [5, 5.41) is 0.497. The van der Waals surface area contributed by atoms with E-state index >= 15 is 0 Å². The van der Waals surface area contributed by atoms with Gasteiger partial charge in [0.2, 0.25) is 0 Å². The van der Waals surface area contributed by atoms with Crippen molar-refractivity contribution in [2.24, 2.45) is 0 Å². The van der Waals surface area contributed by atoms with Gasteiger partial charge in [-0.25, -0.2) is 0 Å². The molecule has 0 atom stereocenters.